The van der Waals surface area contributed by atoms with Crippen molar-refractivity contribution in [2.24, 2.45) is 0 Å². The summed E-state index contributed by atoms with van der Waals surface area (Å²) in [5.41, 5.74) is 1.38. The number of rotatable bonds is 3. The van der Waals surface area contributed by atoms with Gasteiger partial charge in [0.1, 0.15) is 0 Å². The molecule has 0 saturated heterocycles. The van der Waals surface area contributed by atoms with Gasteiger partial charge in [0.05, 0.1) is 4.83 Å². The summed E-state index contributed by atoms with van der Waals surface area (Å²) in [7, 11) is 0. The fourth-order valence-corrected chi connectivity index (χ4v) is 3.21. The summed E-state index contributed by atoms with van der Waals surface area (Å²) in [5, 5.41) is 0. The number of hydrogen-bond donors (Lipinski definition) is 0. The number of benzene rings is 1. The van der Waals surface area contributed by atoms with Crippen molar-refractivity contribution in [1.82, 2.24) is 0 Å². The highest BCUT2D eigenvalue weighted by atomic mass is 79.9. The van der Waals surface area contributed by atoms with Crippen LogP contribution in [0.25, 0.3) is 0 Å². The minimum atomic E-state index is 0.443. The van der Waals surface area contributed by atoms with Gasteiger partial charge >= 0.3 is 0 Å². The highest BCUT2D eigenvalue weighted by Crippen LogP contribution is 2.32. The Labute approximate surface area is 103 Å². The van der Waals surface area contributed by atoms with Crippen LogP contribution in [0.2, 0.25) is 0 Å². The van der Waals surface area contributed by atoms with Crippen molar-refractivity contribution in [1.29, 1.82) is 0 Å². The lowest BCUT2D eigenvalue weighted by molar-refractivity contribution is 0.970. The molecule has 0 fully saturated rings. The molecule has 0 spiro atoms. The maximum absolute atomic E-state index is 3.75. The van der Waals surface area contributed by atoms with Crippen LogP contribution in [0.15, 0.2) is 42.5 Å². The van der Waals surface area contributed by atoms with Gasteiger partial charge in [-0.2, -0.15) is 0 Å². The predicted octanol–water partition coefficient (Wildman–Crippen LogP) is 4.74. The van der Waals surface area contributed by atoms with Crippen LogP contribution in [0, 0.1) is 6.92 Å². The average molecular weight is 281 g/mol. The highest BCUT2D eigenvalue weighted by molar-refractivity contribution is 9.09. The minimum absolute atomic E-state index is 0.443. The van der Waals surface area contributed by atoms with Gasteiger partial charge in [0.2, 0.25) is 0 Å². The fraction of sp³-hybridized carbons (Fsp3) is 0.231. The van der Waals surface area contributed by atoms with E-state index in [1.54, 1.807) is 0 Å². The van der Waals surface area contributed by atoms with Gasteiger partial charge in [0.25, 0.3) is 0 Å². The summed E-state index contributed by atoms with van der Waals surface area (Å²) in [5.74, 6) is 0. The van der Waals surface area contributed by atoms with Crippen LogP contribution in [0.4, 0.5) is 0 Å². The SMILES string of the molecule is Cc1ccc(C(Br)Cc2ccccc2)s1. The Kier molecular flexibility index (Phi) is 3.60. The molecule has 1 heterocycles. The van der Waals surface area contributed by atoms with Gasteiger partial charge in [-0.3, -0.25) is 0 Å². The minimum Gasteiger partial charge on any atom is -0.145 e. The molecular formula is C13H13BrS. The molecule has 78 valence electrons. The summed E-state index contributed by atoms with van der Waals surface area (Å²) in [4.78, 5) is 3.23. The molecule has 0 amide bonds. The second-order valence-electron chi connectivity index (χ2n) is 3.61. The third-order valence-corrected chi connectivity index (χ3v) is 4.56. The zero-order chi connectivity index (χ0) is 10.7. The van der Waals surface area contributed by atoms with Crippen LogP contribution in [-0.4, -0.2) is 0 Å². The number of alkyl halides is 1. The van der Waals surface area contributed by atoms with Crippen molar-refractivity contribution >= 4 is 27.3 Å². The van der Waals surface area contributed by atoms with E-state index in [1.165, 1.54) is 15.3 Å². The first kappa shape index (κ1) is 10.9. The summed E-state index contributed by atoms with van der Waals surface area (Å²) >= 11 is 5.61. The quantitative estimate of drug-likeness (QED) is 0.713. The first-order chi connectivity index (χ1) is 7.25. The number of thiophene rings is 1. The van der Waals surface area contributed by atoms with Crippen LogP contribution in [0.1, 0.15) is 20.1 Å². The molecule has 1 aromatic heterocycles. The van der Waals surface area contributed by atoms with E-state index in [0.717, 1.165) is 6.42 Å². The van der Waals surface area contributed by atoms with E-state index in [9.17, 15) is 0 Å². The van der Waals surface area contributed by atoms with Crippen LogP contribution in [0.3, 0.4) is 0 Å². The molecule has 2 heteroatoms. The molecule has 0 nitrogen and oxygen atoms in total. The van der Waals surface area contributed by atoms with Crippen molar-refractivity contribution < 1.29 is 0 Å². The molecule has 0 aliphatic heterocycles. The van der Waals surface area contributed by atoms with Crippen molar-refractivity contribution in [3.63, 3.8) is 0 Å². The summed E-state index contributed by atoms with van der Waals surface area (Å²) in [6.45, 7) is 2.15. The monoisotopic (exact) mass is 280 g/mol. The Balaban J connectivity index is 2.07. The third-order valence-electron chi connectivity index (χ3n) is 2.33. The lowest BCUT2D eigenvalue weighted by Crippen LogP contribution is -1.91. The first-order valence-corrected chi connectivity index (χ1v) is 6.73. The van der Waals surface area contributed by atoms with E-state index < -0.39 is 0 Å². The van der Waals surface area contributed by atoms with Gasteiger partial charge < -0.3 is 0 Å². The second kappa shape index (κ2) is 4.95. The Hall–Kier alpha value is -0.600. The molecule has 2 rings (SSSR count). The van der Waals surface area contributed by atoms with Crippen LogP contribution in [-0.2, 0) is 6.42 Å². The van der Waals surface area contributed by atoms with E-state index in [0.29, 0.717) is 4.83 Å². The fourth-order valence-electron chi connectivity index (χ4n) is 1.54. The molecule has 0 saturated carbocycles. The number of halogens is 1. The van der Waals surface area contributed by atoms with Crippen LogP contribution in [0.5, 0.6) is 0 Å². The van der Waals surface area contributed by atoms with Gasteiger partial charge in [-0.15, -0.1) is 11.3 Å². The van der Waals surface area contributed by atoms with Crippen molar-refractivity contribution in [2.45, 2.75) is 18.2 Å². The lowest BCUT2D eigenvalue weighted by atomic mass is 10.1. The highest BCUT2D eigenvalue weighted by Gasteiger charge is 2.09. The third kappa shape index (κ3) is 2.93. The molecule has 15 heavy (non-hydrogen) atoms. The van der Waals surface area contributed by atoms with E-state index in [-0.39, 0.29) is 0 Å². The Morgan fingerprint density at radius 2 is 1.87 bits per heavy atom. The Morgan fingerprint density at radius 3 is 2.47 bits per heavy atom. The predicted molar refractivity (Wildman–Crippen MR) is 70.9 cm³/mol. The topological polar surface area (TPSA) is 0 Å². The van der Waals surface area contributed by atoms with Gasteiger partial charge in [0, 0.05) is 9.75 Å². The number of hydrogen-bond acceptors (Lipinski definition) is 1. The van der Waals surface area contributed by atoms with Gasteiger partial charge in [0.15, 0.2) is 0 Å². The van der Waals surface area contributed by atoms with E-state index in [2.05, 4.69) is 65.3 Å². The van der Waals surface area contributed by atoms with Gasteiger partial charge in [-0.1, -0.05) is 46.3 Å². The molecule has 0 bridgehead atoms. The maximum Gasteiger partial charge on any atom is 0.0529 e. The average Bonchev–Trinajstić information content (AvgIpc) is 2.66. The second-order valence-corrected chi connectivity index (χ2v) is 6.03. The smallest absolute Gasteiger partial charge is 0.0529 e. The zero-order valence-corrected chi connectivity index (χ0v) is 11.0. The van der Waals surface area contributed by atoms with Gasteiger partial charge in [-0.05, 0) is 31.0 Å². The molecule has 0 aliphatic rings. The van der Waals surface area contributed by atoms with Crippen molar-refractivity contribution in [3.05, 3.63) is 57.8 Å². The van der Waals surface area contributed by atoms with Crippen molar-refractivity contribution in [2.75, 3.05) is 0 Å². The molecule has 1 atom stereocenters. The Morgan fingerprint density at radius 1 is 1.13 bits per heavy atom. The van der Waals surface area contributed by atoms with E-state index in [1.807, 2.05) is 11.3 Å². The molecule has 0 aliphatic carbocycles. The standard InChI is InChI=1S/C13H13BrS/c1-10-7-8-13(15-10)12(14)9-11-5-3-2-4-6-11/h2-8,12H,9H2,1H3. The van der Waals surface area contributed by atoms with E-state index >= 15 is 0 Å². The molecule has 1 unspecified atom stereocenters. The molecular weight excluding hydrogens is 268 g/mol. The van der Waals surface area contributed by atoms with Crippen LogP contribution >= 0.6 is 27.3 Å². The first-order valence-electron chi connectivity index (χ1n) is 5.00. The molecule has 0 N–H and O–H groups in total. The largest absolute Gasteiger partial charge is 0.145 e. The Bertz CT molecular complexity index is 419. The molecule has 1 aromatic carbocycles. The van der Waals surface area contributed by atoms with Gasteiger partial charge in [-0.25, -0.2) is 0 Å². The van der Waals surface area contributed by atoms with Crippen LogP contribution < -0.4 is 0 Å². The summed E-state index contributed by atoms with van der Waals surface area (Å²) in [6, 6.07) is 15.0. The number of aryl methyl sites for hydroxylation is 1. The van der Waals surface area contributed by atoms with E-state index in [4.69, 9.17) is 0 Å². The molecule has 0 radical (unpaired) electrons. The molecule has 2 aromatic rings. The summed E-state index contributed by atoms with van der Waals surface area (Å²) in [6.07, 6.45) is 1.06. The summed E-state index contributed by atoms with van der Waals surface area (Å²) < 4.78 is 0. The normalized spacial score (nSPS) is 12.7. The lowest BCUT2D eigenvalue weighted by Gasteiger charge is -2.07. The van der Waals surface area contributed by atoms with Crippen molar-refractivity contribution in [3.8, 4) is 0 Å². The zero-order valence-electron chi connectivity index (χ0n) is 8.61. The maximum atomic E-state index is 3.75.